The molecule has 0 aliphatic carbocycles. The van der Waals surface area contributed by atoms with Gasteiger partial charge in [-0.1, -0.05) is 42.4 Å². The predicted molar refractivity (Wildman–Crippen MR) is 109 cm³/mol. The third kappa shape index (κ3) is 3.95. The Bertz CT molecular complexity index is 1000. The highest BCUT2D eigenvalue weighted by Gasteiger charge is 2.17. The van der Waals surface area contributed by atoms with Gasteiger partial charge >= 0.3 is 0 Å². The molecule has 1 N–H and O–H groups in total. The van der Waals surface area contributed by atoms with Crippen molar-refractivity contribution in [3.05, 3.63) is 51.1 Å². The zero-order valence-electron chi connectivity index (χ0n) is 14.4. The van der Waals surface area contributed by atoms with E-state index in [1.807, 2.05) is 31.4 Å². The number of hydrogen-bond donors (Lipinski definition) is 1. The minimum absolute atomic E-state index is 0.0882. The van der Waals surface area contributed by atoms with Crippen LogP contribution >= 0.6 is 34.7 Å². The number of carbonyl (C=O) groups is 1. The number of benzene rings is 1. The predicted octanol–water partition coefficient (Wildman–Crippen LogP) is 4.11. The van der Waals surface area contributed by atoms with Gasteiger partial charge in [0, 0.05) is 6.04 Å². The second kappa shape index (κ2) is 8.24. The summed E-state index contributed by atoms with van der Waals surface area (Å²) in [5, 5.41) is 5.66. The van der Waals surface area contributed by atoms with Gasteiger partial charge in [0.15, 0.2) is 5.16 Å². The van der Waals surface area contributed by atoms with Crippen LogP contribution in [0.4, 0.5) is 0 Å². The van der Waals surface area contributed by atoms with Gasteiger partial charge in [-0.2, -0.15) is 0 Å². The highest BCUT2D eigenvalue weighted by atomic mass is 35.5. The molecular formula is C18H18ClN3O2S2. The van der Waals surface area contributed by atoms with Gasteiger partial charge in [0.25, 0.3) is 5.56 Å². The summed E-state index contributed by atoms with van der Waals surface area (Å²) in [4.78, 5) is 29.7. The molecule has 2 heterocycles. The molecule has 0 bridgehead atoms. The molecule has 0 aliphatic rings. The number of nitrogens with zero attached hydrogens (tertiary/aromatic N) is 2. The fourth-order valence-corrected chi connectivity index (χ4v) is 4.18. The van der Waals surface area contributed by atoms with E-state index < -0.39 is 0 Å². The normalized spacial score (nSPS) is 12.3. The van der Waals surface area contributed by atoms with E-state index in [0.29, 0.717) is 26.1 Å². The van der Waals surface area contributed by atoms with Crippen molar-refractivity contribution in [1.29, 1.82) is 0 Å². The molecule has 0 aliphatic heterocycles. The average Bonchev–Trinajstić information content (AvgIpc) is 3.10. The summed E-state index contributed by atoms with van der Waals surface area (Å²) in [5.41, 5.74) is 1.02. The zero-order valence-corrected chi connectivity index (χ0v) is 16.7. The van der Waals surface area contributed by atoms with E-state index >= 15 is 0 Å². The lowest BCUT2D eigenvalue weighted by Gasteiger charge is -2.14. The molecule has 1 aromatic carbocycles. The van der Waals surface area contributed by atoms with E-state index in [4.69, 9.17) is 11.6 Å². The first-order valence-corrected chi connectivity index (χ1v) is 10.4. The van der Waals surface area contributed by atoms with Crippen LogP contribution in [0.15, 0.2) is 45.7 Å². The number of halogens is 1. The van der Waals surface area contributed by atoms with Crippen molar-refractivity contribution in [2.45, 2.75) is 31.5 Å². The number of thiophene rings is 1. The number of hydrogen-bond acceptors (Lipinski definition) is 5. The van der Waals surface area contributed by atoms with E-state index in [-0.39, 0.29) is 23.3 Å². The van der Waals surface area contributed by atoms with Crippen LogP contribution in [0.2, 0.25) is 5.02 Å². The first kappa shape index (κ1) is 18.9. The van der Waals surface area contributed by atoms with Gasteiger partial charge in [-0.05, 0) is 36.9 Å². The molecular weight excluding hydrogens is 390 g/mol. The van der Waals surface area contributed by atoms with Crippen molar-refractivity contribution < 1.29 is 4.79 Å². The number of amides is 1. The Morgan fingerprint density at radius 3 is 2.88 bits per heavy atom. The summed E-state index contributed by atoms with van der Waals surface area (Å²) < 4.78 is 2.06. The fraction of sp³-hybridized carbons (Fsp3) is 0.278. The zero-order chi connectivity index (χ0) is 18.7. The van der Waals surface area contributed by atoms with Crippen molar-refractivity contribution in [1.82, 2.24) is 14.9 Å². The molecule has 0 fully saturated rings. The molecule has 26 heavy (non-hydrogen) atoms. The Balaban J connectivity index is 2.01. The van der Waals surface area contributed by atoms with Gasteiger partial charge in [0.05, 0.1) is 22.0 Å². The quantitative estimate of drug-likeness (QED) is 0.493. The number of para-hydroxylation sites is 1. The monoisotopic (exact) mass is 407 g/mol. The van der Waals surface area contributed by atoms with Gasteiger partial charge < -0.3 is 5.32 Å². The standard InChI is InChI=1S/C18H18ClN3O2S2/c1-3-11(2)20-15(23)10-26-18-21-13-8-9-25-16(13)17(24)22(18)14-7-5-4-6-12(14)19/h4-9,11H,3,10H2,1-2H3,(H,20,23)/t11-/m0/s1. The summed E-state index contributed by atoms with van der Waals surface area (Å²) in [5.74, 6) is 0.0892. The molecule has 0 radical (unpaired) electrons. The van der Waals surface area contributed by atoms with E-state index in [9.17, 15) is 9.59 Å². The number of fused-ring (bicyclic) bond motifs is 1. The first-order valence-electron chi connectivity index (χ1n) is 8.18. The third-order valence-corrected chi connectivity index (χ3v) is 6.04. The van der Waals surface area contributed by atoms with Gasteiger partial charge in [0.1, 0.15) is 4.70 Å². The van der Waals surface area contributed by atoms with Crippen LogP contribution in [0.3, 0.4) is 0 Å². The van der Waals surface area contributed by atoms with Gasteiger partial charge in [-0.15, -0.1) is 11.3 Å². The largest absolute Gasteiger partial charge is 0.353 e. The first-order chi connectivity index (χ1) is 12.5. The Labute approximate surface area is 164 Å². The maximum absolute atomic E-state index is 13.0. The summed E-state index contributed by atoms with van der Waals surface area (Å²) in [7, 11) is 0. The minimum atomic E-state index is -0.178. The Kier molecular flexibility index (Phi) is 6.01. The van der Waals surface area contributed by atoms with E-state index in [2.05, 4.69) is 10.3 Å². The molecule has 1 amide bonds. The Morgan fingerprint density at radius 2 is 2.15 bits per heavy atom. The van der Waals surface area contributed by atoms with Crippen LogP contribution < -0.4 is 10.9 Å². The topological polar surface area (TPSA) is 64.0 Å². The smallest absolute Gasteiger partial charge is 0.276 e. The SMILES string of the molecule is CC[C@H](C)NC(=O)CSc1nc2ccsc2c(=O)n1-c1ccccc1Cl. The van der Waals surface area contributed by atoms with Crippen molar-refractivity contribution in [2.75, 3.05) is 5.75 Å². The lowest BCUT2D eigenvalue weighted by molar-refractivity contribution is -0.119. The molecule has 5 nitrogen and oxygen atoms in total. The van der Waals surface area contributed by atoms with Crippen LogP contribution in [0.1, 0.15) is 20.3 Å². The molecule has 1 atom stereocenters. The lowest BCUT2D eigenvalue weighted by Crippen LogP contribution is -2.33. The second-order valence-electron chi connectivity index (χ2n) is 5.79. The van der Waals surface area contributed by atoms with Crippen molar-refractivity contribution in [3.8, 4) is 5.69 Å². The van der Waals surface area contributed by atoms with Crippen molar-refractivity contribution in [3.63, 3.8) is 0 Å². The number of rotatable bonds is 6. The van der Waals surface area contributed by atoms with Crippen molar-refractivity contribution in [2.24, 2.45) is 0 Å². The van der Waals surface area contributed by atoms with E-state index in [1.165, 1.54) is 27.7 Å². The summed E-state index contributed by atoms with van der Waals surface area (Å²) in [6.07, 6.45) is 0.861. The maximum atomic E-state index is 13.0. The second-order valence-corrected chi connectivity index (χ2v) is 8.05. The number of thioether (sulfide) groups is 1. The Hall–Kier alpha value is -1.83. The maximum Gasteiger partial charge on any atom is 0.276 e. The van der Waals surface area contributed by atoms with Crippen LogP contribution in [0, 0.1) is 0 Å². The Morgan fingerprint density at radius 1 is 1.38 bits per heavy atom. The molecule has 0 saturated heterocycles. The molecule has 0 saturated carbocycles. The number of nitrogens with one attached hydrogen (secondary N) is 1. The summed E-state index contributed by atoms with van der Waals surface area (Å²) in [6, 6.07) is 9.04. The van der Waals surface area contributed by atoms with Crippen LogP contribution in [-0.4, -0.2) is 27.3 Å². The molecule has 3 aromatic rings. The van der Waals surface area contributed by atoms with Crippen LogP contribution in [0.5, 0.6) is 0 Å². The van der Waals surface area contributed by atoms with Gasteiger partial charge in [-0.3, -0.25) is 14.2 Å². The van der Waals surface area contributed by atoms with Crippen LogP contribution in [0.25, 0.3) is 15.9 Å². The van der Waals surface area contributed by atoms with E-state index in [1.54, 1.807) is 18.2 Å². The summed E-state index contributed by atoms with van der Waals surface area (Å²) >= 11 is 8.88. The lowest BCUT2D eigenvalue weighted by atomic mass is 10.3. The fourth-order valence-electron chi connectivity index (χ4n) is 2.38. The van der Waals surface area contributed by atoms with Crippen molar-refractivity contribution >= 4 is 50.8 Å². The highest BCUT2D eigenvalue weighted by molar-refractivity contribution is 7.99. The third-order valence-electron chi connectivity index (χ3n) is 3.89. The molecule has 2 aromatic heterocycles. The van der Waals surface area contributed by atoms with Crippen LogP contribution in [-0.2, 0) is 4.79 Å². The molecule has 136 valence electrons. The number of aromatic nitrogens is 2. The number of carbonyl (C=O) groups excluding carboxylic acids is 1. The molecule has 0 spiro atoms. The molecule has 8 heteroatoms. The van der Waals surface area contributed by atoms with Gasteiger partial charge in [-0.25, -0.2) is 4.98 Å². The average molecular weight is 408 g/mol. The molecule has 0 unspecified atom stereocenters. The highest BCUT2D eigenvalue weighted by Crippen LogP contribution is 2.26. The molecule has 3 rings (SSSR count). The van der Waals surface area contributed by atoms with E-state index in [0.717, 1.165) is 6.42 Å². The minimum Gasteiger partial charge on any atom is -0.353 e. The van der Waals surface area contributed by atoms with Gasteiger partial charge in [0.2, 0.25) is 5.91 Å². The summed E-state index contributed by atoms with van der Waals surface area (Å²) in [6.45, 7) is 3.97.